The molecule has 0 aliphatic heterocycles. The minimum Gasteiger partial charge on any atom is -0.356 e. The lowest BCUT2D eigenvalue weighted by atomic mass is 10.2. The predicted octanol–water partition coefficient (Wildman–Crippen LogP) is 3.08. The van der Waals surface area contributed by atoms with E-state index in [-0.39, 0.29) is 17.4 Å². The van der Waals surface area contributed by atoms with E-state index in [9.17, 15) is 23.3 Å². The van der Waals surface area contributed by atoms with Gasteiger partial charge in [-0.1, -0.05) is 29.5 Å². The maximum Gasteiger partial charge on any atom is 0.445 e. The first-order chi connectivity index (χ1) is 9.38. The Morgan fingerprint density at radius 1 is 1.30 bits per heavy atom. The molecule has 2 aromatic rings. The van der Waals surface area contributed by atoms with Crippen molar-refractivity contribution in [2.24, 2.45) is 0 Å². The van der Waals surface area contributed by atoms with Crippen molar-refractivity contribution >= 4 is 22.2 Å². The van der Waals surface area contributed by atoms with Gasteiger partial charge in [0.25, 0.3) is 5.69 Å². The number of aromatic nitrogens is 2. The molecule has 0 aliphatic rings. The molecule has 10 heteroatoms. The summed E-state index contributed by atoms with van der Waals surface area (Å²) < 4.78 is 37.0. The molecule has 20 heavy (non-hydrogen) atoms. The molecular weight excluding hydrogens is 297 g/mol. The van der Waals surface area contributed by atoms with Gasteiger partial charge in [-0.3, -0.25) is 10.1 Å². The van der Waals surface area contributed by atoms with E-state index in [1.54, 1.807) is 6.07 Å². The predicted molar refractivity (Wildman–Crippen MR) is 65.3 cm³/mol. The van der Waals surface area contributed by atoms with Gasteiger partial charge in [-0.05, 0) is 0 Å². The highest BCUT2D eigenvalue weighted by Crippen LogP contribution is 2.33. The summed E-state index contributed by atoms with van der Waals surface area (Å²) in [7, 11) is 0. The summed E-state index contributed by atoms with van der Waals surface area (Å²) in [5.41, 5.74) is 0.238. The van der Waals surface area contributed by atoms with Crippen molar-refractivity contribution in [2.45, 2.75) is 12.7 Å². The van der Waals surface area contributed by atoms with Gasteiger partial charge in [0.2, 0.25) is 10.1 Å². The second kappa shape index (κ2) is 5.41. The lowest BCUT2D eigenvalue weighted by Gasteiger charge is -2.03. The number of rotatable bonds is 4. The molecule has 0 spiro atoms. The summed E-state index contributed by atoms with van der Waals surface area (Å²) in [6, 6.07) is 5.94. The number of para-hydroxylation sites is 1. The standard InChI is InChI=1S/C10H7F3N4O2S/c11-10(12,13)8-15-16-9(20-8)14-5-6-3-1-2-4-7(6)17(18)19/h1-4H,5H2,(H,14,16). The molecule has 0 amide bonds. The van der Waals surface area contributed by atoms with Gasteiger partial charge in [-0.2, -0.15) is 13.2 Å². The Bertz CT molecular complexity index is 629. The molecule has 1 aromatic carbocycles. The third kappa shape index (κ3) is 3.20. The first-order valence-electron chi connectivity index (χ1n) is 5.25. The van der Waals surface area contributed by atoms with Crippen LogP contribution in [0, 0.1) is 10.1 Å². The molecular formula is C10H7F3N4O2S. The van der Waals surface area contributed by atoms with Gasteiger partial charge in [0.05, 0.1) is 4.92 Å². The van der Waals surface area contributed by atoms with E-state index in [1.165, 1.54) is 18.2 Å². The topological polar surface area (TPSA) is 81.0 Å². The van der Waals surface area contributed by atoms with Crippen LogP contribution in [0.5, 0.6) is 0 Å². The maximum atomic E-state index is 12.3. The lowest BCUT2D eigenvalue weighted by molar-refractivity contribution is -0.385. The molecule has 1 heterocycles. The molecule has 2 rings (SSSR count). The summed E-state index contributed by atoms with van der Waals surface area (Å²) in [6.45, 7) is -0.0103. The average molecular weight is 304 g/mol. The Hall–Kier alpha value is -2.23. The molecule has 0 atom stereocenters. The van der Waals surface area contributed by atoms with Crippen LogP contribution in [-0.2, 0) is 12.7 Å². The molecule has 1 aromatic heterocycles. The third-order valence-electron chi connectivity index (χ3n) is 2.29. The van der Waals surface area contributed by atoms with E-state index in [0.717, 1.165) is 0 Å². The van der Waals surface area contributed by atoms with Gasteiger partial charge in [0, 0.05) is 18.2 Å². The molecule has 0 fully saturated rings. The Kier molecular flexibility index (Phi) is 3.84. The second-order valence-corrected chi connectivity index (χ2v) is 4.63. The monoisotopic (exact) mass is 304 g/mol. The molecule has 0 saturated heterocycles. The summed E-state index contributed by atoms with van der Waals surface area (Å²) in [4.78, 5) is 10.2. The van der Waals surface area contributed by atoms with Crippen molar-refractivity contribution in [3.63, 3.8) is 0 Å². The number of halogens is 3. The Morgan fingerprint density at radius 2 is 2.00 bits per heavy atom. The Balaban J connectivity index is 2.10. The zero-order chi connectivity index (χ0) is 14.8. The van der Waals surface area contributed by atoms with Crippen LogP contribution in [0.2, 0.25) is 0 Å². The highest BCUT2D eigenvalue weighted by molar-refractivity contribution is 7.15. The fourth-order valence-corrected chi connectivity index (χ4v) is 2.02. The van der Waals surface area contributed by atoms with E-state index < -0.39 is 16.1 Å². The SMILES string of the molecule is O=[N+]([O-])c1ccccc1CNc1nnc(C(F)(F)F)s1. The number of hydrogen-bond donors (Lipinski definition) is 1. The molecule has 106 valence electrons. The quantitative estimate of drug-likeness (QED) is 0.693. The smallest absolute Gasteiger partial charge is 0.356 e. The number of benzene rings is 1. The van der Waals surface area contributed by atoms with Crippen molar-refractivity contribution in [3.8, 4) is 0 Å². The number of nitro groups is 1. The van der Waals surface area contributed by atoms with Gasteiger partial charge < -0.3 is 5.32 Å². The van der Waals surface area contributed by atoms with E-state index in [0.29, 0.717) is 16.9 Å². The zero-order valence-corrected chi connectivity index (χ0v) is 10.5. The first kappa shape index (κ1) is 14.2. The van der Waals surface area contributed by atoms with Crippen molar-refractivity contribution in [2.75, 3.05) is 5.32 Å². The van der Waals surface area contributed by atoms with Crippen LogP contribution in [0.15, 0.2) is 24.3 Å². The summed E-state index contributed by atoms with van der Waals surface area (Å²) in [5, 5.41) is 18.6. The Morgan fingerprint density at radius 3 is 2.60 bits per heavy atom. The molecule has 6 nitrogen and oxygen atoms in total. The van der Waals surface area contributed by atoms with Gasteiger partial charge in [0.15, 0.2) is 0 Å². The van der Waals surface area contributed by atoms with Crippen molar-refractivity contribution < 1.29 is 18.1 Å². The molecule has 0 radical (unpaired) electrons. The molecule has 0 aliphatic carbocycles. The van der Waals surface area contributed by atoms with E-state index in [4.69, 9.17) is 0 Å². The van der Waals surface area contributed by atoms with Crippen LogP contribution >= 0.6 is 11.3 Å². The van der Waals surface area contributed by atoms with E-state index in [1.807, 2.05) is 0 Å². The van der Waals surface area contributed by atoms with Gasteiger partial charge >= 0.3 is 6.18 Å². The second-order valence-electron chi connectivity index (χ2n) is 3.65. The fourth-order valence-electron chi connectivity index (χ4n) is 1.42. The molecule has 1 N–H and O–H groups in total. The minimum absolute atomic E-state index is 0.0103. The highest BCUT2D eigenvalue weighted by Gasteiger charge is 2.35. The summed E-state index contributed by atoms with van der Waals surface area (Å²) >= 11 is 0.345. The highest BCUT2D eigenvalue weighted by atomic mass is 32.1. The van der Waals surface area contributed by atoms with E-state index >= 15 is 0 Å². The average Bonchev–Trinajstić information content (AvgIpc) is 2.85. The van der Waals surface area contributed by atoms with Gasteiger partial charge in [0.1, 0.15) is 0 Å². The van der Waals surface area contributed by atoms with Crippen molar-refractivity contribution in [1.29, 1.82) is 0 Å². The van der Waals surface area contributed by atoms with E-state index in [2.05, 4.69) is 15.5 Å². The maximum absolute atomic E-state index is 12.3. The van der Waals surface area contributed by atoms with Gasteiger partial charge in [-0.15, -0.1) is 10.2 Å². The first-order valence-corrected chi connectivity index (χ1v) is 6.06. The fraction of sp³-hybridized carbons (Fsp3) is 0.200. The van der Waals surface area contributed by atoms with Crippen LogP contribution in [0.3, 0.4) is 0 Å². The van der Waals surface area contributed by atoms with Crippen LogP contribution in [-0.4, -0.2) is 15.1 Å². The van der Waals surface area contributed by atoms with Crippen molar-refractivity contribution in [3.05, 3.63) is 45.0 Å². The zero-order valence-electron chi connectivity index (χ0n) is 9.72. The summed E-state index contributed by atoms with van der Waals surface area (Å²) in [6.07, 6.45) is -4.55. The molecule has 0 saturated carbocycles. The largest absolute Gasteiger partial charge is 0.445 e. The number of anilines is 1. The minimum atomic E-state index is -4.55. The number of alkyl halides is 3. The van der Waals surface area contributed by atoms with Crippen molar-refractivity contribution in [1.82, 2.24) is 10.2 Å². The summed E-state index contributed by atoms with van der Waals surface area (Å²) in [5.74, 6) is 0. The van der Waals surface area contributed by atoms with Crippen LogP contribution in [0.1, 0.15) is 10.6 Å². The van der Waals surface area contributed by atoms with Crippen LogP contribution < -0.4 is 5.32 Å². The Labute approximate surface area is 114 Å². The van der Waals surface area contributed by atoms with Crippen LogP contribution in [0.4, 0.5) is 24.0 Å². The molecule has 0 bridgehead atoms. The number of nitrogens with one attached hydrogen (secondary N) is 1. The number of nitrogens with zero attached hydrogens (tertiary/aromatic N) is 3. The van der Waals surface area contributed by atoms with Crippen LogP contribution in [0.25, 0.3) is 0 Å². The lowest BCUT2D eigenvalue weighted by Crippen LogP contribution is -2.03. The number of hydrogen-bond acceptors (Lipinski definition) is 6. The number of nitro benzene ring substituents is 1. The third-order valence-corrected chi connectivity index (χ3v) is 3.21. The van der Waals surface area contributed by atoms with Gasteiger partial charge in [-0.25, -0.2) is 0 Å². The molecule has 0 unspecified atom stereocenters. The normalized spacial score (nSPS) is 11.3.